The molecular weight excluding hydrogens is 300 g/mol. The average Bonchev–Trinajstić information content (AvgIpc) is 2.88. The van der Waals surface area contributed by atoms with E-state index >= 15 is 0 Å². The predicted octanol–water partition coefficient (Wildman–Crippen LogP) is 2.45. The number of halogens is 1. The third-order valence-electron chi connectivity index (χ3n) is 3.05. The Balaban J connectivity index is 1.76. The van der Waals surface area contributed by atoms with Crippen molar-refractivity contribution >= 4 is 27.3 Å². The van der Waals surface area contributed by atoms with Crippen molar-refractivity contribution < 1.29 is 4.74 Å². The van der Waals surface area contributed by atoms with Gasteiger partial charge in [-0.15, -0.1) is 11.3 Å². The van der Waals surface area contributed by atoms with Crippen molar-refractivity contribution in [1.29, 1.82) is 0 Å². The van der Waals surface area contributed by atoms with Crippen molar-refractivity contribution in [2.24, 2.45) is 5.73 Å². The fourth-order valence-electron chi connectivity index (χ4n) is 2.24. The lowest BCUT2D eigenvalue weighted by Gasteiger charge is -2.20. The molecule has 1 aromatic heterocycles. The first-order valence-corrected chi connectivity index (χ1v) is 7.61. The van der Waals surface area contributed by atoms with Crippen molar-refractivity contribution in [3.8, 4) is 0 Å². The molecule has 1 aliphatic heterocycles. The monoisotopic (exact) mass is 318 g/mol. The Morgan fingerprint density at radius 1 is 1.53 bits per heavy atom. The Hall–Kier alpha value is 0.0600. The van der Waals surface area contributed by atoms with Gasteiger partial charge in [0.05, 0.1) is 16.0 Å². The quantitative estimate of drug-likeness (QED) is 0.906. The standard InChI is InChI=1S/C12H19BrN2OS/c1-15(6-9-4-12(13)17-8-9)7-11-3-2-10(5-14)16-11/h4,8,10-11H,2-3,5-7,14H2,1H3. The summed E-state index contributed by atoms with van der Waals surface area (Å²) in [5.74, 6) is 0. The molecule has 0 radical (unpaired) electrons. The molecule has 0 aromatic carbocycles. The van der Waals surface area contributed by atoms with E-state index in [4.69, 9.17) is 10.5 Å². The fraction of sp³-hybridized carbons (Fsp3) is 0.667. The molecule has 0 spiro atoms. The molecular formula is C12H19BrN2OS. The van der Waals surface area contributed by atoms with E-state index in [1.54, 1.807) is 11.3 Å². The molecule has 17 heavy (non-hydrogen) atoms. The van der Waals surface area contributed by atoms with Gasteiger partial charge in [-0.1, -0.05) is 0 Å². The summed E-state index contributed by atoms with van der Waals surface area (Å²) in [6, 6.07) is 2.18. The van der Waals surface area contributed by atoms with Gasteiger partial charge >= 0.3 is 0 Å². The summed E-state index contributed by atoms with van der Waals surface area (Å²) in [4.78, 5) is 2.32. The molecule has 0 aliphatic carbocycles. The first kappa shape index (κ1) is 13.5. The zero-order valence-electron chi connectivity index (χ0n) is 10.1. The van der Waals surface area contributed by atoms with Crippen LogP contribution in [0.1, 0.15) is 18.4 Å². The summed E-state index contributed by atoms with van der Waals surface area (Å²) >= 11 is 5.22. The van der Waals surface area contributed by atoms with Gasteiger partial charge in [-0.2, -0.15) is 0 Å². The molecule has 2 unspecified atom stereocenters. The lowest BCUT2D eigenvalue weighted by molar-refractivity contribution is 0.0306. The minimum absolute atomic E-state index is 0.281. The molecule has 1 saturated heterocycles. The molecule has 1 aliphatic rings. The van der Waals surface area contributed by atoms with Crippen molar-refractivity contribution in [2.45, 2.75) is 31.6 Å². The number of rotatable bonds is 5. The number of likely N-dealkylation sites (N-methyl/N-ethyl adjacent to an activating group) is 1. The van der Waals surface area contributed by atoms with E-state index in [0.29, 0.717) is 12.6 Å². The molecule has 5 heteroatoms. The van der Waals surface area contributed by atoms with Crippen molar-refractivity contribution in [1.82, 2.24) is 4.90 Å². The lowest BCUT2D eigenvalue weighted by atomic mass is 10.2. The molecule has 2 rings (SSSR count). The van der Waals surface area contributed by atoms with E-state index < -0.39 is 0 Å². The van der Waals surface area contributed by atoms with Gasteiger partial charge in [0, 0.05) is 19.6 Å². The molecule has 1 aromatic rings. The van der Waals surface area contributed by atoms with Crippen LogP contribution in [-0.2, 0) is 11.3 Å². The second kappa shape index (κ2) is 6.29. The van der Waals surface area contributed by atoms with Gasteiger partial charge in [-0.3, -0.25) is 4.90 Å². The van der Waals surface area contributed by atoms with Crippen LogP contribution in [0.15, 0.2) is 15.2 Å². The highest BCUT2D eigenvalue weighted by molar-refractivity contribution is 9.11. The molecule has 3 nitrogen and oxygen atoms in total. The maximum atomic E-state index is 5.85. The predicted molar refractivity (Wildman–Crippen MR) is 75.3 cm³/mol. The van der Waals surface area contributed by atoms with Crippen molar-refractivity contribution in [3.05, 3.63) is 20.8 Å². The minimum Gasteiger partial charge on any atom is -0.372 e. The average molecular weight is 319 g/mol. The molecule has 2 atom stereocenters. The Morgan fingerprint density at radius 3 is 2.88 bits per heavy atom. The number of hydrogen-bond acceptors (Lipinski definition) is 4. The van der Waals surface area contributed by atoms with E-state index in [0.717, 1.165) is 25.9 Å². The summed E-state index contributed by atoms with van der Waals surface area (Å²) < 4.78 is 7.05. The smallest absolute Gasteiger partial charge is 0.0707 e. The molecule has 2 heterocycles. The van der Waals surface area contributed by atoms with E-state index in [2.05, 4.69) is 39.3 Å². The Bertz CT molecular complexity index is 358. The van der Waals surface area contributed by atoms with Crippen LogP contribution in [0.3, 0.4) is 0 Å². The third kappa shape index (κ3) is 4.03. The van der Waals surface area contributed by atoms with Gasteiger partial charge in [0.2, 0.25) is 0 Å². The molecule has 0 bridgehead atoms. The largest absolute Gasteiger partial charge is 0.372 e. The fourth-order valence-corrected chi connectivity index (χ4v) is 3.44. The van der Waals surface area contributed by atoms with E-state index in [1.807, 2.05) is 0 Å². The van der Waals surface area contributed by atoms with Crippen LogP contribution < -0.4 is 5.73 Å². The van der Waals surface area contributed by atoms with Crippen LogP contribution in [0.2, 0.25) is 0 Å². The highest BCUT2D eigenvalue weighted by Crippen LogP contribution is 2.23. The first-order chi connectivity index (χ1) is 8.17. The summed E-state index contributed by atoms with van der Waals surface area (Å²) in [6.07, 6.45) is 2.89. The van der Waals surface area contributed by atoms with E-state index in [1.165, 1.54) is 9.35 Å². The maximum absolute atomic E-state index is 5.85. The minimum atomic E-state index is 0.281. The Morgan fingerprint density at radius 2 is 2.29 bits per heavy atom. The van der Waals surface area contributed by atoms with Crippen LogP contribution in [0.5, 0.6) is 0 Å². The summed E-state index contributed by atoms with van der Waals surface area (Å²) in [6.45, 7) is 2.62. The molecule has 2 N–H and O–H groups in total. The van der Waals surface area contributed by atoms with Crippen molar-refractivity contribution in [2.75, 3.05) is 20.1 Å². The number of thiophene rings is 1. The normalized spacial score (nSPS) is 24.7. The second-order valence-corrected chi connectivity index (χ2v) is 6.94. The second-order valence-electron chi connectivity index (χ2n) is 4.65. The highest BCUT2D eigenvalue weighted by Gasteiger charge is 2.24. The van der Waals surface area contributed by atoms with Crippen molar-refractivity contribution in [3.63, 3.8) is 0 Å². The summed E-state index contributed by atoms with van der Waals surface area (Å²) in [5, 5.41) is 2.19. The lowest BCUT2D eigenvalue weighted by Crippen LogP contribution is -2.30. The van der Waals surface area contributed by atoms with Crippen LogP contribution in [0.25, 0.3) is 0 Å². The number of ether oxygens (including phenoxy) is 1. The Labute approximate surface area is 115 Å². The zero-order valence-corrected chi connectivity index (χ0v) is 12.5. The van der Waals surface area contributed by atoms with Gasteiger partial charge in [-0.25, -0.2) is 0 Å². The van der Waals surface area contributed by atoms with Crippen LogP contribution in [-0.4, -0.2) is 37.2 Å². The van der Waals surface area contributed by atoms with Gasteiger partial charge in [0.15, 0.2) is 0 Å². The molecule has 0 saturated carbocycles. The SMILES string of the molecule is CN(Cc1csc(Br)c1)CC1CCC(CN)O1. The van der Waals surface area contributed by atoms with Gasteiger partial charge in [0.1, 0.15) is 0 Å². The van der Waals surface area contributed by atoms with E-state index in [9.17, 15) is 0 Å². The van der Waals surface area contributed by atoms with Gasteiger partial charge < -0.3 is 10.5 Å². The number of nitrogens with zero attached hydrogens (tertiary/aromatic N) is 1. The van der Waals surface area contributed by atoms with Gasteiger partial charge in [-0.05, 0) is 52.8 Å². The van der Waals surface area contributed by atoms with E-state index in [-0.39, 0.29) is 6.10 Å². The summed E-state index contributed by atoms with van der Waals surface area (Å²) in [5.41, 5.74) is 6.97. The van der Waals surface area contributed by atoms with Crippen LogP contribution >= 0.6 is 27.3 Å². The molecule has 1 fully saturated rings. The van der Waals surface area contributed by atoms with Crippen LogP contribution in [0, 0.1) is 0 Å². The Kier molecular flexibility index (Phi) is 4.99. The summed E-state index contributed by atoms with van der Waals surface area (Å²) in [7, 11) is 2.14. The van der Waals surface area contributed by atoms with Gasteiger partial charge in [0.25, 0.3) is 0 Å². The topological polar surface area (TPSA) is 38.5 Å². The third-order valence-corrected chi connectivity index (χ3v) is 4.60. The molecule has 96 valence electrons. The number of hydrogen-bond donors (Lipinski definition) is 1. The highest BCUT2D eigenvalue weighted by atomic mass is 79.9. The zero-order chi connectivity index (χ0) is 12.3. The maximum Gasteiger partial charge on any atom is 0.0707 e. The number of nitrogens with two attached hydrogens (primary N) is 1. The molecule has 0 amide bonds. The van der Waals surface area contributed by atoms with Crippen LogP contribution in [0.4, 0.5) is 0 Å². The first-order valence-electron chi connectivity index (χ1n) is 5.94.